The van der Waals surface area contributed by atoms with Crippen LogP contribution in [0.5, 0.6) is 0 Å². The molecule has 0 aliphatic carbocycles. The minimum absolute atomic E-state index is 0.0293. The standard InChI is InChI=1S/C9H11Cl2N3S/c1-5(13-9(15)14-12)7-3-2-6(10)4-8(7)11/h2-5H,12H2,1H3,(H2,13,14,15)/t5-/m0/s1. The van der Waals surface area contributed by atoms with Crippen molar-refractivity contribution in [3.63, 3.8) is 0 Å². The van der Waals surface area contributed by atoms with E-state index in [9.17, 15) is 0 Å². The van der Waals surface area contributed by atoms with Crippen LogP contribution in [0.1, 0.15) is 18.5 Å². The molecule has 0 saturated heterocycles. The molecule has 1 aromatic carbocycles. The van der Waals surface area contributed by atoms with Gasteiger partial charge in [0.25, 0.3) is 0 Å². The Bertz CT molecular complexity index is 370. The molecule has 0 unspecified atom stereocenters. The molecule has 82 valence electrons. The lowest BCUT2D eigenvalue weighted by atomic mass is 10.1. The van der Waals surface area contributed by atoms with Crippen molar-refractivity contribution in [1.29, 1.82) is 0 Å². The van der Waals surface area contributed by atoms with Crippen LogP contribution in [0.2, 0.25) is 10.0 Å². The van der Waals surface area contributed by atoms with Gasteiger partial charge in [0.2, 0.25) is 0 Å². The number of hydrogen-bond acceptors (Lipinski definition) is 2. The van der Waals surface area contributed by atoms with E-state index in [1.54, 1.807) is 12.1 Å². The number of rotatable bonds is 2. The van der Waals surface area contributed by atoms with E-state index >= 15 is 0 Å². The quantitative estimate of drug-likeness (QED) is 0.436. The largest absolute Gasteiger partial charge is 0.355 e. The molecule has 0 aliphatic rings. The average Bonchev–Trinajstić information content (AvgIpc) is 2.17. The predicted molar refractivity (Wildman–Crippen MR) is 67.9 cm³/mol. The maximum Gasteiger partial charge on any atom is 0.181 e. The second-order valence-corrected chi connectivity index (χ2v) is 4.26. The van der Waals surface area contributed by atoms with Gasteiger partial charge in [-0.2, -0.15) is 0 Å². The summed E-state index contributed by atoms with van der Waals surface area (Å²) >= 11 is 16.7. The van der Waals surface area contributed by atoms with E-state index in [0.717, 1.165) is 5.56 Å². The van der Waals surface area contributed by atoms with Crippen LogP contribution in [0.25, 0.3) is 0 Å². The molecule has 4 N–H and O–H groups in total. The second-order valence-electron chi connectivity index (χ2n) is 3.01. The topological polar surface area (TPSA) is 50.1 Å². The van der Waals surface area contributed by atoms with Gasteiger partial charge in [-0.15, -0.1) is 0 Å². The molecular formula is C9H11Cl2N3S. The van der Waals surface area contributed by atoms with E-state index in [-0.39, 0.29) is 6.04 Å². The van der Waals surface area contributed by atoms with Crippen LogP contribution in [-0.4, -0.2) is 5.11 Å². The average molecular weight is 264 g/mol. The minimum atomic E-state index is -0.0293. The van der Waals surface area contributed by atoms with E-state index in [4.69, 9.17) is 41.3 Å². The van der Waals surface area contributed by atoms with Gasteiger partial charge in [-0.25, -0.2) is 5.84 Å². The highest BCUT2D eigenvalue weighted by Gasteiger charge is 2.10. The Morgan fingerprint density at radius 3 is 2.67 bits per heavy atom. The van der Waals surface area contributed by atoms with Crippen molar-refractivity contribution in [3.05, 3.63) is 33.8 Å². The zero-order valence-electron chi connectivity index (χ0n) is 8.05. The number of halogens is 2. The Morgan fingerprint density at radius 1 is 1.47 bits per heavy atom. The van der Waals surface area contributed by atoms with Crippen molar-refractivity contribution in [2.45, 2.75) is 13.0 Å². The zero-order chi connectivity index (χ0) is 11.4. The van der Waals surface area contributed by atoms with Gasteiger partial charge in [-0.05, 0) is 36.8 Å². The number of hydrogen-bond donors (Lipinski definition) is 3. The van der Waals surface area contributed by atoms with Crippen molar-refractivity contribution in [1.82, 2.24) is 10.7 Å². The van der Waals surface area contributed by atoms with Gasteiger partial charge in [-0.3, -0.25) is 0 Å². The van der Waals surface area contributed by atoms with E-state index in [2.05, 4.69) is 10.7 Å². The lowest BCUT2D eigenvalue weighted by Gasteiger charge is -2.17. The van der Waals surface area contributed by atoms with Crippen LogP contribution >= 0.6 is 35.4 Å². The fraction of sp³-hybridized carbons (Fsp3) is 0.222. The first-order valence-corrected chi connectivity index (χ1v) is 5.43. The van der Waals surface area contributed by atoms with Crippen molar-refractivity contribution in [2.24, 2.45) is 5.84 Å². The summed E-state index contributed by atoms with van der Waals surface area (Å²) in [5.41, 5.74) is 3.26. The van der Waals surface area contributed by atoms with E-state index in [1.165, 1.54) is 0 Å². The van der Waals surface area contributed by atoms with E-state index in [1.807, 2.05) is 13.0 Å². The third kappa shape index (κ3) is 3.50. The van der Waals surface area contributed by atoms with Crippen LogP contribution < -0.4 is 16.6 Å². The summed E-state index contributed by atoms with van der Waals surface area (Å²) < 4.78 is 0. The molecule has 1 atom stereocenters. The SMILES string of the molecule is C[C@H](NC(=S)NN)c1ccc(Cl)cc1Cl. The molecule has 3 nitrogen and oxygen atoms in total. The number of benzene rings is 1. The summed E-state index contributed by atoms with van der Waals surface area (Å²) in [6.07, 6.45) is 0. The van der Waals surface area contributed by atoms with Gasteiger partial charge >= 0.3 is 0 Å². The first kappa shape index (κ1) is 12.5. The van der Waals surface area contributed by atoms with Crippen LogP contribution in [0.15, 0.2) is 18.2 Å². The van der Waals surface area contributed by atoms with Gasteiger partial charge in [-0.1, -0.05) is 29.3 Å². The molecule has 0 fully saturated rings. The highest BCUT2D eigenvalue weighted by molar-refractivity contribution is 7.80. The highest BCUT2D eigenvalue weighted by atomic mass is 35.5. The summed E-state index contributed by atoms with van der Waals surface area (Å²) in [6.45, 7) is 1.93. The van der Waals surface area contributed by atoms with Crippen LogP contribution in [-0.2, 0) is 0 Å². The zero-order valence-corrected chi connectivity index (χ0v) is 10.4. The van der Waals surface area contributed by atoms with Gasteiger partial charge in [0.15, 0.2) is 5.11 Å². The molecule has 0 amide bonds. The van der Waals surface area contributed by atoms with Gasteiger partial charge < -0.3 is 10.7 Å². The normalized spacial score (nSPS) is 12.0. The van der Waals surface area contributed by atoms with Crippen molar-refractivity contribution < 1.29 is 0 Å². The third-order valence-corrected chi connectivity index (χ3v) is 2.71. The van der Waals surface area contributed by atoms with E-state index < -0.39 is 0 Å². The molecule has 0 aliphatic heterocycles. The number of nitrogens with one attached hydrogen (secondary N) is 2. The number of nitrogens with two attached hydrogens (primary N) is 1. The minimum Gasteiger partial charge on any atom is -0.355 e. The summed E-state index contributed by atoms with van der Waals surface area (Å²) in [4.78, 5) is 0. The molecule has 1 rings (SSSR count). The monoisotopic (exact) mass is 263 g/mol. The molecule has 6 heteroatoms. The predicted octanol–water partition coefficient (Wildman–Crippen LogP) is 2.39. The molecule has 0 aromatic heterocycles. The second kappa shape index (κ2) is 5.51. The molecule has 0 radical (unpaired) electrons. The molecule has 1 aromatic rings. The Morgan fingerprint density at radius 2 is 2.13 bits per heavy atom. The molecule has 0 saturated carbocycles. The fourth-order valence-electron chi connectivity index (χ4n) is 1.17. The molecule has 15 heavy (non-hydrogen) atoms. The molecule has 0 heterocycles. The summed E-state index contributed by atoms with van der Waals surface area (Å²) in [5, 5.41) is 4.55. The summed E-state index contributed by atoms with van der Waals surface area (Å²) in [6, 6.07) is 5.29. The first-order valence-electron chi connectivity index (χ1n) is 4.26. The lowest BCUT2D eigenvalue weighted by Crippen LogP contribution is -2.40. The Balaban J connectivity index is 2.82. The van der Waals surface area contributed by atoms with Crippen LogP contribution in [0.4, 0.5) is 0 Å². The summed E-state index contributed by atoms with van der Waals surface area (Å²) in [5.74, 6) is 5.15. The lowest BCUT2D eigenvalue weighted by molar-refractivity contribution is 0.704. The Kier molecular flexibility index (Phi) is 4.60. The summed E-state index contributed by atoms with van der Waals surface area (Å²) in [7, 11) is 0. The maximum atomic E-state index is 6.03. The molecule has 0 bridgehead atoms. The highest BCUT2D eigenvalue weighted by Crippen LogP contribution is 2.25. The number of hydrazine groups is 1. The number of thiocarbonyl (C=S) groups is 1. The van der Waals surface area contributed by atoms with Gasteiger partial charge in [0, 0.05) is 10.0 Å². The Labute approximate surface area is 104 Å². The smallest absolute Gasteiger partial charge is 0.181 e. The van der Waals surface area contributed by atoms with Crippen molar-refractivity contribution in [3.8, 4) is 0 Å². The van der Waals surface area contributed by atoms with Crippen LogP contribution in [0, 0.1) is 0 Å². The van der Waals surface area contributed by atoms with Crippen molar-refractivity contribution >= 4 is 40.5 Å². The maximum absolute atomic E-state index is 6.03. The van der Waals surface area contributed by atoms with Gasteiger partial charge in [0.05, 0.1) is 6.04 Å². The van der Waals surface area contributed by atoms with E-state index in [0.29, 0.717) is 15.2 Å². The fourth-order valence-corrected chi connectivity index (χ4v) is 1.92. The van der Waals surface area contributed by atoms with Crippen molar-refractivity contribution in [2.75, 3.05) is 0 Å². The van der Waals surface area contributed by atoms with Crippen LogP contribution in [0.3, 0.4) is 0 Å². The van der Waals surface area contributed by atoms with Gasteiger partial charge in [0.1, 0.15) is 0 Å². The molecule has 0 spiro atoms. The Hall–Kier alpha value is -0.550. The first-order chi connectivity index (χ1) is 7.04. The molecular weight excluding hydrogens is 253 g/mol. The third-order valence-electron chi connectivity index (χ3n) is 1.91.